The maximum atomic E-state index is 12.4. The number of unbranched alkanes of at least 4 members (excludes halogenated alkanes) is 6. The van der Waals surface area contributed by atoms with Crippen LogP contribution in [-0.2, 0) is 31.9 Å². The number of hydrogen-bond acceptors (Lipinski definition) is 4. The SMILES string of the molecule is CCCCCCc1ccc(C(CC(=O)OC)C(CC(=O)OC)c2ccc(CCCCCC)cc2)cc1. The highest BCUT2D eigenvalue weighted by Crippen LogP contribution is 2.39. The van der Waals surface area contributed by atoms with Crippen LogP contribution in [0, 0.1) is 0 Å². The van der Waals surface area contributed by atoms with E-state index < -0.39 is 0 Å². The Morgan fingerprint density at radius 1 is 0.583 bits per heavy atom. The zero-order valence-electron chi connectivity index (χ0n) is 22.9. The van der Waals surface area contributed by atoms with Gasteiger partial charge in [0.2, 0.25) is 0 Å². The smallest absolute Gasteiger partial charge is 0.306 e. The maximum absolute atomic E-state index is 12.4. The van der Waals surface area contributed by atoms with E-state index in [2.05, 4.69) is 62.4 Å². The Bertz CT molecular complexity index is 810. The van der Waals surface area contributed by atoms with Gasteiger partial charge in [0.1, 0.15) is 0 Å². The molecule has 0 spiro atoms. The molecular formula is C32H46O4. The minimum absolute atomic E-state index is 0.180. The summed E-state index contributed by atoms with van der Waals surface area (Å²) in [6, 6.07) is 17.1. The van der Waals surface area contributed by atoms with E-state index in [0.717, 1.165) is 24.0 Å². The summed E-state index contributed by atoms with van der Waals surface area (Å²) in [5.74, 6) is -0.903. The molecule has 0 amide bonds. The van der Waals surface area contributed by atoms with Crippen molar-refractivity contribution >= 4 is 11.9 Å². The van der Waals surface area contributed by atoms with E-state index in [4.69, 9.17) is 9.47 Å². The fourth-order valence-corrected chi connectivity index (χ4v) is 4.89. The van der Waals surface area contributed by atoms with Crippen molar-refractivity contribution in [1.29, 1.82) is 0 Å². The van der Waals surface area contributed by atoms with Gasteiger partial charge in [0, 0.05) is 11.8 Å². The summed E-state index contributed by atoms with van der Waals surface area (Å²) in [5.41, 5.74) is 4.72. The number of hydrogen-bond donors (Lipinski definition) is 0. The van der Waals surface area contributed by atoms with Gasteiger partial charge < -0.3 is 9.47 Å². The molecule has 0 aliphatic heterocycles. The van der Waals surface area contributed by atoms with Gasteiger partial charge >= 0.3 is 11.9 Å². The first-order valence-electron chi connectivity index (χ1n) is 13.8. The standard InChI is InChI=1S/C32H46O4/c1-5-7-9-11-13-25-15-19-27(20-16-25)29(23-31(33)35-3)30(24-32(34)36-4)28-21-17-26(18-22-28)14-12-10-8-6-2/h15-22,29-30H,5-14,23-24H2,1-4H3. The highest BCUT2D eigenvalue weighted by molar-refractivity contribution is 5.73. The summed E-state index contributed by atoms with van der Waals surface area (Å²) in [5, 5.41) is 0. The maximum Gasteiger partial charge on any atom is 0.306 e. The molecule has 198 valence electrons. The van der Waals surface area contributed by atoms with E-state index in [-0.39, 0.29) is 36.6 Å². The Balaban J connectivity index is 2.28. The number of esters is 2. The molecule has 36 heavy (non-hydrogen) atoms. The summed E-state index contributed by atoms with van der Waals surface area (Å²) in [7, 11) is 2.84. The first kappa shape index (κ1) is 29.6. The molecule has 0 radical (unpaired) electrons. The van der Waals surface area contributed by atoms with Gasteiger partial charge in [-0.1, -0.05) is 101 Å². The van der Waals surface area contributed by atoms with Crippen LogP contribution >= 0.6 is 0 Å². The van der Waals surface area contributed by atoms with Crippen LogP contribution in [-0.4, -0.2) is 26.2 Å². The Hall–Kier alpha value is -2.62. The Morgan fingerprint density at radius 2 is 0.944 bits per heavy atom. The molecule has 0 aliphatic rings. The molecule has 0 N–H and O–H groups in total. The molecule has 0 saturated heterocycles. The van der Waals surface area contributed by atoms with Gasteiger partial charge in [-0.3, -0.25) is 9.59 Å². The van der Waals surface area contributed by atoms with E-state index >= 15 is 0 Å². The lowest BCUT2D eigenvalue weighted by Crippen LogP contribution is -2.20. The monoisotopic (exact) mass is 494 g/mol. The van der Waals surface area contributed by atoms with Gasteiger partial charge in [-0.2, -0.15) is 0 Å². The van der Waals surface area contributed by atoms with Crippen LogP contribution in [0.5, 0.6) is 0 Å². The van der Waals surface area contributed by atoms with E-state index in [9.17, 15) is 9.59 Å². The van der Waals surface area contributed by atoms with Crippen molar-refractivity contribution < 1.29 is 19.1 Å². The summed E-state index contributed by atoms with van der Waals surface area (Å²) in [6.07, 6.45) is 12.4. The number of carbonyl (C=O) groups excluding carboxylic acids is 2. The van der Waals surface area contributed by atoms with Gasteiger partial charge in [0.15, 0.2) is 0 Å². The third-order valence-electron chi connectivity index (χ3n) is 7.17. The van der Waals surface area contributed by atoms with E-state index in [1.54, 1.807) is 0 Å². The van der Waals surface area contributed by atoms with Crippen molar-refractivity contribution in [2.75, 3.05) is 14.2 Å². The third kappa shape index (κ3) is 10.2. The zero-order chi connectivity index (χ0) is 26.2. The van der Waals surface area contributed by atoms with E-state index in [0.29, 0.717) is 0 Å². The fraction of sp³-hybridized carbons (Fsp3) is 0.562. The molecule has 2 rings (SSSR count). The fourth-order valence-electron chi connectivity index (χ4n) is 4.89. The van der Waals surface area contributed by atoms with E-state index in [1.165, 1.54) is 76.7 Å². The van der Waals surface area contributed by atoms with Crippen molar-refractivity contribution in [3.8, 4) is 0 Å². The van der Waals surface area contributed by atoms with Gasteiger partial charge in [0.25, 0.3) is 0 Å². The number of carbonyl (C=O) groups is 2. The highest BCUT2D eigenvalue weighted by atomic mass is 16.5. The van der Waals surface area contributed by atoms with E-state index in [1.807, 2.05) is 0 Å². The van der Waals surface area contributed by atoms with Crippen molar-refractivity contribution in [2.45, 2.75) is 103 Å². The highest BCUT2D eigenvalue weighted by Gasteiger charge is 2.30. The Labute approximate surface area is 218 Å². The third-order valence-corrected chi connectivity index (χ3v) is 7.17. The molecule has 2 unspecified atom stereocenters. The second kappa shape index (κ2) is 16.9. The second-order valence-corrected chi connectivity index (χ2v) is 9.88. The van der Waals surface area contributed by atoms with Crippen molar-refractivity contribution in [1.82, 2.24) is 0 Å². The number of ether oxygens (including phenoxy) is 2. The predicted molar refractivity (Wildman–Crippen MR) is 147 cm³/mol. The molecule has 0 heterocycles. The summed E-state index contributed by atoms with van der Waals surface area (Å²) in [4.78, 5) is 24.9. The van der Waals surface area contributed by atoms with Crippen LogP contribution < -0.4 is 0 Å². The molecule has 2 atom stereocenters. The van der Waals surface area contributed by atoms with Crippen LogP contribution in [0.4, 0.5) is 0 Å². The average Bonchev–Trinajstić information content (AvgIpc) is 2.91. The van der Waals surface area contributed by atoms with Crippen molar-refractivity contribution in [3.05, 3.63) is 70.8 Å². The lowest BCUT2D eigenvalue weighted by Gasteiger charge is -2.27. The predicted octanol–water partition coefficient (Wildman–Crippen LogP) is 7.93. The van der Waals surface area contributed by atoms with Crippen LogP contribution in [0.1, 0.15) is 112 Å². The molecule has 0 aromatic heterocycles. The first-order valence-corrected chi connectivity index (χ1v) is 13.8. The molecular weight excluding hydrogens is 448 g/mol. The molecule has 0 aliphatic carbocycles. The summed E-state index contributed by atoms with van der Waals surface area (Å²) >= 11 is 0. The van der Waals surface area contributed by atoms with Crippen LogP contribution in [0.3, 0.4) is 0 Å². The number of methoxy groups -OCH3 is 2. The zero-order valence-corrected chi connectivity index (χ0v) is 22.9. The first-order chi connectivity index (χ1) is 17.5. The van der Waals surface area contributed by atoms with Crippen molar-refractivity contribution in [3.63, 3.8) is 0 Å². The minimum atomic E-state index is -0.272. The van der Waals surface area contributed by atoms with Crippen LogP contribution in [0.15, 0.2) is 48.5 Å². The van der Waals surface area contributed by atoms with Crippen LogP contribution in [0.2, 0.25) is 0 Å². The molecule has 0 saturated carbocycles. The largest absolute Gasteiger partial charge is 0.469 e. The quantitative estimate of drug-likeness (QED) is 0.165. The lowest BCUT2D eigenvalue weighted by molar-refractivity contribution is -0.143. The summed E-state index contributed by atoms with van der Waals surface area (Å²) in [6.45, 7) is 4.45. The number of rotatable bonds is 17. The Morgan fingerprint density at radius 3 is 1.25 bits per heavy atom. The van der Waals surface area contributed by atoms with Crippen LogP contribution in [0.25, 0.3) is 0 Å². The Kier molecular flexibility index (Phi) is 13.9. The van der Waals surface area contributed by atoms with Gasteiger partial charge in [-0.25, -0.2) is 0 Å². The summed E-state index contributed by atoms with van der Waals surface area (Å²) < 4.78 is 10.1. The normalized spacial score (nSPS) is 12.7. The number of aryl methyl sites for hydroxylation is 2. The average molecular weight is 495 g/mol. The molecule has 4 heteroatoms. The van der Waals surface area contributed by atoms with Gasteiger partial charge in [0.05, 0.1) is 27.1 Å². The number of benzene rings is 2. The van der Waals surface area contributed by atoms with Crippen molar-refractivity contribution in [2.24, 2.45) is 0 Å². The molecule has 0 fully saturated rings. The second-order valence-electron chi connectivity index (χ2n) is 9.88. The molecule has 0 bridgehead atoms. The molecule has 2 aromatic carbocycles. The molecule has 2 aromatic rings. The van der Waals surface area contributed by atoms with Gasteiger partial charge in [-0.05, 0) is 47.9 Å². The molecule has 4 nitrogen and oxygen atoms in total. The lowest BCUT2D eigenvalue weighted by atomic mass is 9.77. The minimum Gasteiger partial charge on any atom is -0.469 e. The van der Waals surface area contributed by atoms with Gasteiger partial charge in [-0.15, -0.1) is 0 Å². The topological polar surface area (TPSA) is 52.6 Å².